The van der Waals surface area contributed by atoms with Crippen molar-refractivity contribution in [3.8, 4) is 10.6 Å². The Bertz CT molecular complexity index is 479. The number of aromatic nitrogens is 1. The minimum absolute atomic E-state index is 0.454. The van der Waals surface area contributed by atoms with Crippen molar-refractivity contribution < 1.29 is 0 Å². The highest BCUT2D eigenvalue weighted by molar-refractivity contribution is 7.13. The van der Waals surface area contributed by atoms with Crippen molar-refractivity contribution >= 4 is 34.5 Å². The summed E-state index contributed by atoms with van der Waals surface area (Å²) >= 11 is 13.3. The van der Waals surface area contributed by atoms with Gasteiger partial charge in [0.15, 0.2) is 0 Å². The summed E-state index contributed by atoms with van der Waals surface area (Å²) in [5.41, 5.74) is 3.04. The van der Waals surface area contributed by atoms with Crippen LogP contribution in [0.1, 0.15) is 11.3 Å². The molecule has 0 bridgehead atoms. The monoisotopic (exact) mass is 257 g/mol. The van der Waals surface area contributed by atoms with Gasteiger partial charge in [-0.15, -0.1) is 22.9 Å². The number of halogens is 2. The Hall–Kier alpha value is -0.570. The predicted molar refractivity (Wildman–Crippen MR) is 66.9 cm³/mol. The number of benzene rings is 1. The highest BCUT2D eigenvalue weighted by Gasteiger charge is 2.05. The molecule has 1 aromatic heterocycles. The molecule has 0 spiro atoms. The van der Waals surface area contributed by atoms with Crippen LogP contribution in [0.3, 0.4) is 0 Å². The molecule has 2 aromatic rings. The summed E-state index contributed by atoms with van der Waals surface area (Å²) in [5, 5.41) is 3.71. The summed E-state index contributed by atoms with van der Waals surface area (Å²) in [6.07, 6.45) is 0. The zero-order valence-electron chi connectivity index (χ0n) is 8.13. The molecule has 1 nitrogen and oxygen atoms in total. The average Bonchev–Trinajstić information content (AvgIpc) is 2.70. The topological polar surface area (TPSA) is 12.9 Å². The highest BCUT2D eigenvalue weighted by Crippen LogP contribution is 2.28. The van der Waals surface area contributed by atoms with Crippen molar-refractivity contribution in [1.29, 1.82) is 0 Å². The van der Waals surface area contributed by atoms with Crippen molar-refractivity contribution in [3.63, 3.8) is 0 Å². The third-order valence-corrected chi connectivity index (χ3v) is 3.73. The fourth-order valence-corrected chi connectivity index (χ4v) is 2.45. The second-order valence-electron chi connectivity index (χ2n) is 3.24. The normalized spacial score (nSPS) is 10.6. The standard InChI is InChI=1S/C11H9Cl2NS/c1-7-2-3-8(4-10(7)13)11-14-9(5-12)6-15-11/h2-4,6H,5H2,1H3. The van der Waals surface area contributed by atoms with Gasteiger partial charge in [-0.3, -0.25) is 0 Å². The number of alkyl halides is 1. The van der Waals surface area contributed by atoms with E-state index in [1.165, 1.54) is 0 Å². The first-order valence-corrected chi connectivity index (χ1v) is 6.27. The largest absolute Gasteiger partial charge is 0.240 e. The van der Waals surface area contributed by atoms with Gasteiger partial charge < -0.3 is 0 Å². The van der Waals surface area contributed by atoms with Crippen molar-refractivity contribution in [2.45, 2.75) is 12.8 Å². The SMILES string of the molecule is Cc1ccc(-c2nc(CCl)cs2)cc1Cl. The van der Waals surface area contributed by atoms with Gasteiger partial charge in [-0.1, -0.05) is 23.7 Å². The van der Waals surface area contributed by atoms with Gasteiger partial charge in [0, 0.05) is 16.0 Å². The average molecular weight is 258 g/mol. The van der Waals surface area contributed by atoms with Gasteiger partial charge in [0.1, 0.15) is 5.01 Å². The molecule has 1 heterocycles. The van der Waals surface area contributed by atoms with Gasteiger partial charge in [0.2, 0.25) is 0 Å². The summed E-state index contributed by atoms with van der Waals surface area (Å²) in [6, 6.07) is 5.96. The molecule has 0 aliphatic rings. The minimum Gasteiger partial charge on any atom is -0.240 e. The molecule has 4 heteroatoms. The van der Waals surface area contributed by atoms with Crippen LogP contribution >= 0.6 is 34.5 Å². The van der Waals surface area contributed by atoms with Gasteiger partial charge in [-0.2, -0.15) is 0 Å². The second-order valence-corrected chi connectivity index (χ2v) is 4.77. The molecule has 2 rings (SSSR count). The molecule has 1 aromatic carbocycles. The van der Waals surface area contributed by atoms with E-state index in [9.17, 15) is 0 Å². The third kappa shape index (κ3) is 2.33. The Morgan fingerprint density at radius 3 is 2.80 bits per heavy atom. The molecule has 0 saturated carbocycles. The van der Waals surface area contributed by atoms with Gasteiger partial charge >= 0.3 is 0 Å². The van der Waals surface area contributed by atoms with Crippen LogP contribution in [0.2, 0.25) is 5.02 Å². The van der Waals surface area contributed by atoms with Crippen LogP contribution in [-0.4, -0.2) is 4.98 Å². The van der Waals surface area contributed by atoms with Crippen LogP contribution in [0.15, 0.2) is 23.6 Å². The van der Waals surface area contributed by atoms with E-state index >= 15 is 0 Å². The Labute approximate surface area is 103 Å². The molecule has 0 aliphatic carbocycles. The van der Waals surface area contributed by atoms with Crippen LogP contribution in [-0.2, 0) is 5.88 Å². The molecule has 0 aliphatic heterocycles. The van der Waals surface area contributed by atoms with E-state index in [1.807, 2.05) is 30.5 Å². The number of thiazole rings is 1. The highest BCUT2D eigenvalue weighted by atomic mass is 35.5. The van der Waals surface area contributed by atoms with Crippen molar-refractivity contribution in [2.75, 3.05) is 0 Å². The molecule has 78 valence electrons. The van der Waals surface area contributed by atoms with E-state index in [0.717, 1.165) is 26.9 Å². The van der Waals surface area contributed by atoms with Gasteiger partial charge in [-0.25, -0.2) is 4.98 Å². The number of hydrogen-bond acceptors (Lipinski definition) is 2. The number of nitrogens with zero attached hydrogens (tertiary/aromatic N) is 1. The molecule has 0 N–H and O–H groups in total. The Morgan fingerprint density at radius 1 is 1.40 bits per heavy atom. The zero-order chi connectivity index (χ0) is 10.8. The maximum atomic E-state index is 6.06. The second kappa shape index (κ2) is 4.52. The fourth-order valence-electron chi connectivity index (χ4n) is 1.23. The smallest absolute Gasteiger partial charge is 0.123 e. The first-order chi connectivity index (χ1) is 7.20. The molecule has 0 atom stereocenters. The molecule has 0 fully saturated rings. The molecule has 0 unspecified atom stereocenters. The molecular formula is C11H9Cl2NS. The fraction of sp³-hybridized carbons (Fsp3) is 0.182. The van der Waals surface area contributed by atoms with Gasteiger partial charge in [-0.05, 0) is 18.6 Å². The van der Waals surface area contributed by atoms with Gasteiger partial charge in [0.25, 0.3) is 0 Å². The minimum atomic E-state index is 0.454. The zero-order valence-corrected chi connectivity index (χ0v) is 10.5. The molecule has 0 amide bonds. The number of aryl methyl sites for hydroxylation is 1. The lowest BCUT2D eigenvalue weighted by molar-refractivity contribution is 1.23. The van der Waals surface area contributed by atoms with Crippen molar-refractivity contribution in [1.82, 2.24) is 4.98 Å². The van der Waals surface area contributed by atoms with Crippen molar-refractivity contribution in [3.05, 3.63) is 39.9 Å². The summed E-state index contributed by atoms with van der Waals surface area (Å²) in [7, 11) is 0. The van der Waals surface area contributed by atoms with Crippen LogP contribution < -0.4 is 0 Å². The molecule has 15 heavy (non-hydrogen) atoms. The molecule has 0 radical (unpaired) electrons. The Morgan fingerprint density at radius 2 is 2.20 bits per heavy atom. The van der Waals surface area contributed by atoms with E-state index in [2.05, 4.69) is 4.98 Å². The molecule has 0 saturated heterocycles. The summed E-state index contributed by atoms with van der Waals surface area (Å²) < 4.78 is 0. The van der Waals surface area contributed by atoms with Crippen LogP contribution in [0.4, 0.5) is 0 Å². The van der Waals surface area contributed by atoms with Gasteiger partial charge in [0.05, 0.1) is 11.6 Å². The Balaban J connectivity index is 2.40. The van der Waals surface area contributed by atoms with Crippen molar-refractivity contribution in [2.24, 2.45) is 0 Å². The number of rotatable bonds is 2. The van der Waals surface area contributed by atoms with E-state index < -0.39 is 0 Å². The maximum Gasteiger partial charge on any atom is 0.123 e. The van der Waals surface area contributed by atoms with E-state index in [1.54, 1.807) is 11.3 Å². The van der Waals surface area contributed by atoms with E-state index in [-0.39, 0.29) is 0 Å². The van der Waals surface area contributed by atoms with E-state index in [0.29, 0.717) is 5.88 Å². The third-order valence-electron chi connectivity index (χ3n) is 2.11. The number of hydrogen-bond donors (Lipinski definition) is 0. The Kier molecular flexibility index (Phi) is 3.29. The van der Waals surface area contributed by atoms with E-state index in [4.69, 9.17) is 23.2 Å². The summed E-state index contributed by atoms with van der Waals surface area (Å²) in [6.45, 7) is 1.98. The predicted octanol–water partition coefficient (Wildman–Crippen LogP) is 4.51. The summed E-state index contributed by atoms with van der Waals surface area (Å²) in [4.78, 5) is 4.40. The van der Waals surface area contributed by atoms with Crippen LogP contribution in [0.25, 0.3) is 10.6 Å². The van der Waals surface area contributed by atoms with Crippen LogP contribution in [0.5, 0.6) is 0 Å². The lowest BCUT2D eigenvalue weighted by Gasteiger charge is -2.00. The summed E-state index contributed by atoms with van der Waals surface area (Å²) in [5.74, 6) is 0.454. The first-order valence-electron chi connectivity index (χ1n) is 4.47. The first kappa shape index (κ1) is 10.9. The lowest BCUT2D eigenvalue weighted by atomic mass is 10.1. The maximum absolute atomic E-state index is 6.06. The lowest BCUT2D eigenvalue weighted by Crippen LogP contribution is -1.81. The molecular weight excluding hydrogens is 249 g/mol. The quantitative estimate of drug-likeness (QED) is 0.722. The van der Waals surface area contributed by atoms with Crippen LogP contribution in [0, 0.1) is 6.92 Å².